The number of rotatable bonds is 6. The maximum absolute atomic E-state index is 13.3. The number of nitrogens with zero attached hydrogens (tertiary/aromatic N) is 1. The van der Waals surface area contributed by atoms with E-state index in [1.807, 2.05) is 25.1 Å². The highest BCUT2D eigenvalue weighted by atomic mass is 32.2. The Bertz CT molecular complexity index is 1280. The fourth-order valence-electron chi connectivity index (χ4n) is 5.67. The second-order valence-corrected chi connectivity index (χ2v) is 17.0. The lowest BCUT2D eigenvalue weighted by atomic mass is 9.73. The SMILES string of the molecule is C[C@@H]1C[C@@H](C[Si](C)(C)c2ccccc2)C2=C(OS(=O)(=O)C(F)(F)F)CCN(C(=O)Oc3ccccc3)[C@@H]2C1. The summed E-state index contributed by atoms with van der Waals surface area (Å²) in [6, 6.07) is 18.6. The van der Waals surface area contributed by atoms with Crippen molar-refractivity contribution in [2.24, 2.45) is 11.8 Å². The summed E-state index contributed by atoms with van der Waals surface area (Å²) in [5.41, 5.74) is -5.07. The van der Waals surface area contributed by atoms with Crippen LogP contribution in [0, 0.1) is 11.8 Å². The summed E-state index contributed by atoms with van der Waals surface area (Å²) in [5, 5.41) is 1.19. The molecular weight excluding hydrogens is 535 g/mol. The van der Waals surface area contributed by atoms with E-state index in [9.17, 15) is 26.4 Å². The van der Waals surface area contributed by atoms with Gasteiger partial charge in [-0.25, -0.2) is 4.79 Å². The molecule has 2 aromatic carbocycles. The number of carbonyl (C=O) groups excluding carboxylic acids is 1. The van der Waals surface area contributed by atoms with Gasteiger partial charge in [0.15, 0.2) is 0 Å². The van der Waals surface area contributed by atoms with Crippen LogP contribution in [-0.2, 0) is 14.3 Å². The number of hydrogen-bond acceptors (Lipinski definition) is 5. The third kappa shape index (κ3) is 6.09. The molecule has 4 rings (SSSR count). The zero-order valence-corrected chi connectivity index (χ0v) is 23.4. The summed E-state index contributed by atoms with van der Waals surface area (Å²) in [4.78, 5) is 14.8. The average Bonchev–Trinajstić information content (AvgIpc) is 2.84. The number of fused-ring (bicyclic) bond motifs is 1. The fraction of sp³-hybridized carbons (Fsp3) is 0.444. The molecule has 1 saturated carbocycles. The highest BCUT2D eigenvalue weighted by molar-refractivity contribution is 7.87. The van der Waals surface area contributed by atoms with Gasteiger partial charge in [0.2, 0.25) is 0 Å². The first-order valence-corrected chi connectivity index (χ1v) is 17.2. The Morgan fingerprint density at radius 3 is 2.24 bits per heavy atom. The molecule has 1 aliphatic carbocycles. The molecule has 3 atom stereocenters. The summed E-state index contributed by atoms with van der Waals surface area (Å²) >= 11 is 0. The molecule has 0 N–H and O–H groups in total. The number of halogens is 3. The minimum Gasteiger partial charge on any atom is -0.410 e. The summed E-state index contributed by atoms with van der Waals surface area (Å²) in [6.45, 7) is 6.41. The Balaban J connectivity index is 1.73. The van der Waals surface area contributed by atoms with E-state index in [4.69, 9.17) is 8.92 Å². The van der Waals surface area contributed by atoms with E-state index in [-0.39, 0.29) is 30.6 Å². The summed E-state index contributed by atoms with van der Waals surface area (Å²) in [7, 11) is -7.95. The summed E-state index contributed by atoms with van der Waals surface area (Å²) < 4.78 is 74.4. The van der Waals surface area contributed by atoms with Gasteiger partial charge in [-0.2, -0.15) is 21.6 Å². The number of alkyl halides is 3. The van der Waals surface area contributed by atoms with Crippen molar-refractivity contribution in [2.75, 3.05) is 6.54 Å². The second-order valence-electron chi connectivity index (χ2n) is 10.7. The first-order valence-electron chi connectivity index (χ1n) is 12.6. The summed E-state index contributed by atoms with van der Waals surface area (Å²) in [6.07, 6.45) is 0.365. The van der Waals surface area contributed by atoms with Crippen LogP contribution in [0.1, 0.15) is 26.2 Å². The highest BCUT2D eigenvalue weighted by Crippen LogP contribution is 2.46. The zero-order valence-electron chi connectivity index (χ0n) is 21.6. The molecule has 0 bridgehead atoms. The van der Waals surface area contributed by atoms with Crippen molar-refractivity contribution in [3.8, 4) is 5.75 Å². The lowest BCUT2D eigenvalue weighted by Gasteiger charge is -2.46. The highest BCUT2D eigenvalue weighted by Gasteiger charge is 2.51. The van der Waals surface area contributed by atoms with E-state index < -0.39 is 35.8 Å². The first kappa shape index (κ1) is 28.2. The minimum absolute atomic E-state index is 0.0124. The van der Waals surface area contributed by atoms with Gasteiger partial charge in [-0.1, -0.05) is 73.7 Å². The molecule has 1 aliphatic heterocycles. The normalized spacial score (nSPS) is 22.6. The van der Waals surface area contributed by atoms with Crippen LogP contribution in [0.15, 0.2) is 72.0 Å². The van der Waals surface area contributed by atoms with E-state index in [1.54, 1.807) is 30.3 Å². The molecule has 38 heavy (non-hydrogen) atoms. The Labute approximate surface area is 222 Å². The van der Waals surface area contributed by atoms with Crippen LogP contribution in [-0.4, -0.2) is 45.6 Å². The largest absolute Gasteiger partial charge is 0.534 e. The van der Waals surface area contributed by atoms with Crippen molar-refractivity contribution < 1.29 is 35.3 Å². The smallest absolute Gasteiger partial charge is 0.410 e. The van der Waals surface area contributed by atoms with Crippen LogP contribution in [0.2, 0.25) is 19.1 Å². The van der Waals surface area contributed by atoms with Crippen LogP contribution >= 0.6 is 0 Å². The van der Waals surface area contributed by atoms with Gasteiger partial charge in [-0.15, -0.1) is 0 Å². The van der Waals surface area contributed by atoms with Crippen molar-refractivity contribution in [3.63, 3.8) is 0 Å². The van der Waals surface area contributed by atoms with E-state index >= 15 is 0 Å². The van der Waals surface area contributed by atoms with Crippen molar-refractivity contribution in [2.45, 2.75) is 56.9 Å². The molecule has 11 heteroatoms. The molecule has 6 nitrogen and oxygen atoms in total. The third-order valence-electron chi connectivity index (χ3n) is 7.38. The molecule has 206 valence electrons. The number of carbonyl (C=O) groups is 1. The van der Waals surface area contributed by atoms with Gasteiger partial charge in [0, 0.05) is 13.0 Å². The predicted octanol–water partition coefficient (Wildman–Crippen LogP) is 6.04. The maximum atomic E-state index is 13.3. The van der Waals surface area contributed by atoms with Crippen molar-refractivity contribution in [1.82, 2.24) is 4.90 Å². The van der Waals surface area contributed by atoms with Crippen LogP contribution in [0.25, 0.3) is 0 Å². The molecule has 0 radical (unpaired) electrons. The Hall–Kier alpha value is -2.79. The van der Waals surface area contributed by atoms with Crippen LogP contribution in [0.5, 0.6) is 5.75 Å². The van der Waals surface area contributed by atoms with E-state index in [1.165, 1.54) is 10.1 Å². The molecule has 0 aromatic heterocycles. The van der Waals surface area contributed by atoms with Gasteiger partial charge in [0.25, 0.3) is 0 Å². The van der Waals surface area contributed by atoms with E-state index in [0.717, 1.165) is 0 Å². The number of hydrogen-bond donors (Lipinski definition) is 0. The van der Waals surface area contributed by atoms with Crippen molar-refractivity contribution >= 4 is 29.5 Å². The van der Waals surface area contributed by atoms with Gasteiger partial charge in [0.05, 0.1) is 14.1 Å². The van der Waals surface area contributed by atoms with Crippen LogP contribution < -0.4 is 9.92 Å². The van der Waals surface area contributed by atoms with Crippen molar-refractivity contribution in [1.29, 1.82) is 0 Å². The van der Waals surface area contributed by atoms with Gasteiger partial charge in [-0.05, 0) is 48.4 Å². The molecule has 0 saturated heterocycles. The minimum atomic E-state index is -5.85. The molecule has 0 unspecified atom stereocenters. The van der Waals surface area contributed by atoms with Crippen LogP contribution in [0.4, 0.5) is 18.0 Å². The van der Waals surface area contributed by atoms with Gasteiger partial charge in [-0.3, -0.25) is 0 Å². The fourth-order valence-corrected chi connectivity index (χ4v) is 9.16. The Morgan fingerprint density at radius 1 is 1.03 bits per heavy atom. The number of ether oxygens (including phenoxy) is 1. The molecule has 1 fully saturated rings. The molecule has 1 amide bonds. The lowest BCUT2D eigenvalue weighted by molar-refractivity contribution is -0.0528. The second kappa shape index (κ2) is 10.8. The van der Waals surface area contributed by atoms with Crippen LogP contribution in [0.3, 0.4) is 0 Å². The average molecular weight is 568 g/mol. The topological polar surface area (TPSA) is 72.9 Å². The van der Waals surface area contributed by atoms with E-state index in [2.05, 4.69) is 25.2 Å². The quantitative estimate of drug-likeness (QED) is 0.242. The Morgan fingerprint density at radius 2 is 1.63 bits per heavy atom. The maximum Gasteiger partial charge on any atom is 0.534 e. The van der Waals surface area contributed by atoms with E-state index in [0.29, 0.717) is 30.2 Å². The lowest BCUT2D eigenvalue weighted by Crippen LogP contribution is -2.52. The molecular formula is C27H32F3NO5SSi. The molecule has 2 aliphatic rings. The Kier molecular flexibility index (Phi) is 7.99. The third-order valence-corrected chi connectivity index (χ3v) is 11.8. The van der Waals surface area contributed by atoms with Gasteiger partial charge in [0.1, 0.15) is 11.5 Å². The standard InChI is InChI=1S/C27H32F3NO5SSi/c1-19-16-20(18-38(2,3)22-12-8-5-9-13-22)25-23(17-19)31(26(32)35-21-10-6-4-7-11-21)15-14-24(25)36-37(33,34)27(28,29)30/h4-13,19-20,23H,14-18H2,1-3H3/t19-,20+,23-/m1/s1. The number of benzene rings is 2. The predicted molar refractivity (Wildman–Crippen MR) is 141 cm³/mol. The molecule has 2 aromatic rings. The molecule has 0 spiro atoms. The number of amides is 1. The first-order chi connectivity index (χ1) is 17.8. The van der Waals surface area contributed by atoms with Gasteiger partial charge < -0.3 is 13.8 Å². The van der Waals surface area contributed by atoms with Gasteiger partial charge >= 0.3 is 21.7 Å². The monoisotopic (exact) mass is 567 g/mol. The number of para-hydroxylation sites is 1. The molecule has 1 heterocycles. The zero-order chi connectivity index (χ0) is 27.7. The summed E-state index contributed by atoms with van der Waals surface area (Å²) in [5.74, 6) is 0.0740. The van der Waals surface area contributed by atoms with Crippen molar-refractivity contribution in [3.05, 3.63) is 72.0 Å².